The molecule has 1 aromatic carbocycles. The highest BCUT2D eigenvalue weighted by molar-refractivity contribution is 5.86. The lowest BCUT2D eigenvalue weighted by Crippen LogP contribution is -2.52. The van der Waals surface area contributed by atoms with E-state index in [2.05, 4.69) is 10.6 Å². The fourth-order valence-electron chi connectivity index (χ4n) is 2.30. The summed E-state index contributed by atoms with van der Waals surface area (Å²) < 4.78 is 0. The number of benzene rings is 1. The highest BCUT2D eigenvalue weighted by Gasteiger charge is 2.32. The zero-order valence-corrected chi connectivity index (χ0v) is 11.1. The van der Waals surface area contributed by atoms with Crippen molar-refractivity contribution in [2.45, 2.75) is 32.0 Å². The van der Waals surface area contributed by atoms with Crippen molar-refractivity contribution in [2.75, 3.05) is 11.9 Å². The average Bonchev–Trinajstić information content (AvgIpc) is 2.39. The van der Waals surface area contributed by atoms with Gasteiger partial charge in [0.15, 0.2) is 0 Å². The Bertz CT molecular complexity index is 462. The molecular weight excluding hydrogens is 244 g/mol. The van der Waals surface area contributed by atoms with Gasteiger partial charge in [0, 0.05) is 11.3 Å². The minimum atomic E-state index is -0.925. The Balaban J connectivity index is 2.43. The number of aliphatic hydroxyl groups is 2. The maximum Gasteiger partial charge on any atom is 0.243 e. The van der Waals surface area contributed by atoms with Crippen molar-refractivity contribution in [2.24, 2.45) is 5.92 Å². The van der Waals surface area contributed by atoms with Gasteiger partial charge in [-0.1, -0.05) is 32.0 Å². The van der Waals surface area contributed by atoms with Gasteiger partial charge >= 0.3 is 0 Å². The topological polar surface area (TPSA) is 81.6 Å². The lowest BCUT2D eigenvalue weighted by Gasteiger charge is -2.32. The van der Waals surface area contributed by atoms with Gasteiger partial charge in [-0.15, -0.1) is 0 Å². The fraction of sp³-hybridized carbons (Fsp3) is 0.500. The molecule has 1 heterocycles. The molecule has 1 aliphatic rings. The monoisotopic (exact) mass is 264 g/mol. The van der Waals surface area contributed by atoms with Crippen LogP contribution in [-0.4, -0.2) is 34.8 Å². The number of anilines is 1. The van der Waals surface area contributed by atoms with E-state index in [1.807, 2.05) is 32.0 Å². The second kappa shape index (κ2) is 5.59. The first-order valence-corrected chi connectivity index (χ1v) is 6.49. The van der Waals surface area contributed by atoms with E-state index in [1.165, 1.54) is 0 Å². The number of para-hydroxylation sites is 1. The second-order valence-corrected chi connectivity index (χ2v) is 5.20. The Morgan fingerprint density at radius 3 is 2.58 bits per heavy atom. The van der Waals surface area contributed by atoms with Crippen LogP contribution in [0.15, 0.2) is 24.3 Å². The van der Waals surface area contributed by atoms with Gasteiger partial charge in [-0.3, -0.25) is 4.79 Å². The molecule has 0 fully saturated rings. The summed E-state index contributed by atoms with van der Waals surface area (Å²) in [6.45, 7) is 3.60. The Morgan fingerprint density at radius 1 is 1.26 bits per heavy atom. The van der Waals surface area contributed by atoms with E-state index >= 15 is 0 Å². The van der Waals surface area contributed by atoms with Gasteiger partial charge in [0.05, 0.1) is 12.6 Å². The lowest BCUT2D eigenvalue weighted by molar-refractivity contribution is -0.125. The number of aliphatic hydroxyl groups excluding tert-OH is 2. The number of hydrogen-bond acceptors (Lipinski definition) is 4. The first-order chi connectivity index (χ1) is 9.04. The summed E-state index contributed by atoms with van der Waals surface area (Å²) in [5.74, 6) is -0.106. The molecule has 5 heteroatoms. The summed E-state index contributed by atoms with van der Waals surface area (Å²) in [5.41, 5.74) is 1.43. The van der Waals surface area contributed by atoms with Crippen molar-refractivity contribution in [1.82, 2.24) is 5.32 Å². The molecule has 1 aliphatic heterocycles. The second-order valence-electron chi connectivity index (χ2n) is 5.20. The van der Waals surface area contributed by atoms with Gasteiger partial charge in [0.2, 0.25) is 5.91 Å². The van der Waals surface area contributed by atoms with Crippen LogP contribution in [0.25, 0.3) is 0 Å². The number of nitrogens with one attached hydrogen (secondary N) is 2. The zero-order chi connectivity index (χ0) is 14.0. The van der Waals surface area contributed by atoms with E-state index in [0.29, 0.717) is 5.56 Å². The van der Waals surface area contributed by atoms with Crippen LogP contribution in [0.1, 0.15) is 25.5 Å². The standard InChI is InChI=1S/C14H20N2O3/c1-8(2)12-14(19)16-11(7-17)13(18)9-5-3-4-6-10(9)15-12/h3-6,8,11-13,15,17-18H,7H2,1-2H3,(H,16,19)/t11-,12+,13-/m1/s1. The molecule has 104 valence electrons. The molecule has 0 saturated heterocycles. The molecule has 0 saturated carbocycles. The van der Waals surface area contributed by atoms with Crippen molar-refractivity contribution in [3.05, 3.63) is 29.8 Å². The van der Waals surface area contributed by atoms with Crippen LogP contribution in [0.5, 0.6) is 0 Å². The summed E-state index contributed by atoms with van der Waals surface area (Å²) in [6, 6.07) is 6.24. The first kappa shape index (κ1) is 13.8. The van der Waals surface area contributed by atoms with E-state index < -0.39 is 12.1 Å². The van der Waals surface area contributed by atoms with Crippen molar-refractivity contribution < 1.29 is 15.0 Å². The normalized spacial score (nSPS) is 27.0. The summed E-state index contributed by atoms with van der Waals surface area (Å²) in [4.78, 5) is 12.1. The molecule has 1 amide bonds. The zero-order valence-electron chi connectivity index (χ0n) is 11.1. The maximum atomic E-state index is 12.1. The molecule has 5 nitrogen and oxygen atoms in total. The number of amides is 1. The number of carbonyl (C=O) groups is 1. The Labute approximate surface area is 112 Å². The quantitative estimate of drug-likeness (QED) is 0.632. The van der Waals surface area contributed by atoms with Crippen LogP contribution in [0, 0.1) is 5.92 Å². The lowest BCUT2D eigenvalue weighted by atomic mass is 9.95. The SMILES string of the molecule is CC(C)[C@@H]1Nc2ccccc2[C@@H](O)[C@@H](CO)NC1=O. The fourth-order valence-corrected chi connectivity index (χ4v) is 2.30. The molecule has 19 heavy (non-hydrogen) atoms. The van der Waals surface area contributed by atoms with Crippen LogP contribution >= 0.6 is 0 Å². The van der Waals surface area contributed by atoms with Gasteiger partial charge in [0.25, 0.3) is 0 Å². The molecule has 0 radical (unpaired) electrons. The highest BCUT2D eigenvalue weighted by Crippen LogP contribution is 2.28. The number of hydrogen-bond donors (Lipinski definition) is 4. The van der Waals surface area contributed by atoms with Crippen LogP contribution in [0.2, 0.25) is 0 Å². The van der Waals surface area contributed by atoms with Gasteiger partial charge in [-0.2, -0.15) is 0 Å². The third kappa shape index (κ3) is 2.72. The van der Waals surface area contributed by atoms with Crippen LogP contribution in [-0.2, 0) is 4.79 Å². The van der Waals surface area contributed by atoms with Crippen molar-refractivity contribution in [1.29, 1.82) is 0 Å². The molecule has 0 aromatic heterocycles. The summed E-state index contributed by atoms with van der Waals surface area (Å²) >= 11 is 0. The third-order valence-electron chi connectivity index (χ3n) is 3.45. The summed E-state index contributed by atoms with van der Waals surface area (Å²) in [5, 5.41) is 25.5. The van der Waals surface area contributed by atoms with Gasteiger partial charge < -0.3 is 20.8 Å². The van der Waals surface area contributed by atoms with Gasteiger partial charge in [-0.05, 0) is 12.0 Å². The van der Waals surface area contributed by atoms with E-state index in [0.717, 1.165) is 5.69 Å². The Kier molecular flexibility index (Phi) is 4.07. The Morgan fingerprint density at radius 2 is 1.95 bits per heavy atom. The van der Waals surface area contributed by atoms with Crippen LogP contribution < -0.4 is 10.6 Å². The van der Waals surface area contributed by atoms with E-state index in [9.17, 15) is 15.0 Å². The molecule has 0 unspecified atom stereocenters. The summed E-state index contributed by atoms with van der Waals surface area (Å²) in [6.07, 6.45) is -0.925. The smallest absolute Gasteiger partial charge is 0.243 e. The highest BCUT2D eigenvalue weighted by atomic mass is 16.3. The molecular formula is C14H20N2O3. The summed E-state index contributed by atoms with van der Waals surface area (Å²) in [7, 11) is 0. The predicted molar refractivity (Wildman–Crippen MR) is 72.7 cm³/mol. The average molecular weight is 264 g/mol. The molecule has 1 aromatic rings. The minimum Gasteiger partial charge on any atom is -0.394 e. The molecule has 0 bridgehead atoms. The van der Waals surface area contributed by atoms with Crippen molar-refractivity contribution in [3.63, 3.8) is 0 Å². The van der Waals surface area contributed by atoms with E-state index in [-0.39, 0.29) is 24.5 Å². The minimum absolute atomic E-state index is 0.0997. The third-order valence-corrected chi connectivity index (χ3v) is 3.45. The maximum absolute atomic E-state index is 12.1. The number of carbonyl (C=O) groups excluding carboxylic acids is 1. The molecule has 4 N–H and O–H groups in total. The van der Waals surface area contributed by atoms with Crippen LogP contribution in [0.4, 0.5) is 5.69 Å². The Hall–Kier alpha value is -1.59. The molecule has 0 aliphatic carbocycles. The first-order valence-electron chi connectivity index (χ1n) is 6.49. The molecule has 0 spiro atoms. The van der Waals surface area contributed by atoms with Crippen molar-refractivity contribution in [3.8, 4) is 0 Å². The van der Waals surface area contributed by atoms with Gasteiger partial charge in [-0.25, -0.2) is 0 Å². The van der Waals surface area contributed by atoms with Crippen molar-refractivity contribution >= 4 is 11.6 Å². The largest absolute Gasteiger partial charge is 0.394 e. The predicted octanol–water partition coefficient (Wildman–Crippen LogP) is 0.647. The van der Waals surface area contributed by atoms with E-state index in [1.54, 1.807) is 6.07 Å². The van der Waals surface area contributed by atoms with E-state index in [4.69, 9.17) is 0 Å². The molecule has 2 rings (SSSR count). The number of fused-ring (bicyclic) bond motifs is 1. The van der Waals surface area contributed by atoms with Crippen LogP contribution in [0.3, 0.4) is 0 Å². The number of rotatable bonds is 2. The van der Waals surface area contributed by atoms with Gasteiger partial charge in [0.1, 0.15) is 12.1 Å². The molecule has 3 atom stereocenters.